The minimum Gasteiger partial charge on any atom is -0.0985 e. The van der Waals surface area contributed by atoms with E-state index in [9.17, 15) is 0 Å². The van der Waals surface area contributed by atoms with E-state index >= 15 is 0 Å². The fourth-order valence-corrected chi connectivity index (χ4v) is 1.54. The molecule has 0 aliphatic heterocycles. The van der Waals surface area contributed by atoms with Gasteiger partial charge in [-0.1, -0.05) is 84.9 Å². The Kier molecular flexibility index (Phi) is 6.27. The van der Waals surface area contributed by atoms with Crippen LogP contribution in [0, 0.1) is 0 Å². The minimum absolute atomic E-state index is 0.569. The summed E-state index contributed by atoms with van der Waals surface area (Å²) < 4.78 is 0. The Balaban J connectivity index is 0.000000184. The van der Waals surface area contributed by atoms with Crippen molar-refractivity contribution in [3.63, 3.8) is 0 Å². The smallest absolute Gasteiger partial charge is 0.0598 e. The lowest BCUT2D eigenvalue weighted by Crippen LogP contribution is -1.71. The molecule has 0 saturated carbocycles. The molecule has 0 radical (unpaired) electrons. The van der Waals surface area contributed by atoms with Gasteiger partial charge in [0, 0.05) is 0 Å². The summed E-state index contributed by atoms with van der Waals surface area (Å²) in [6, 6.07) is 15.4. The first-order valence-corrected chi connectivity index (χ1v) is 6.18. The third kappa shape index (κ3) is 4.79. The van der Waals surface area contributed by atoms with Gasteiger partial charge in [-0.05, 0) is 23.3 Å². The van der Waals surface area contributed by atoms with Crippen molar-refractivity contribution in [2.24, 2.45) is 0 Å². The molecule has 2 heteroatoms. The summed E-state index contributed by atoms with van der Waals surface area (Å²) in [5, 5.41) is 1.14. The maximum Gasteiger partial charge on any atom is 0.0598 e. The zero-order chi connectivity index (χ0) is 13.4. The molecule has 0 atom stereocenters. The summed E-state index contributed by atoms with van der Waals surface area (Å²) in [6.45, 7) is 7.23. The molecule has 0 nitrogen and oxygen atoms in total. The minimum atomic E-state index is 0.569. The van der Waals surface area contributed by atoms with Crippen LogP contribution < -0.4 is 0 Å². The topological polar surface area (TPSA) is 0 Å². The van der Waals surface area contributed by atoms with Gasteiger partial charge < -0.3 is 0 Å². The van der Waals surface area contributed by atoms with Crippen molar-refractivity contribution < 1.29 is 0 Å². The third-order valence-corrected chi connectivity index (χ3v) is 2.95. The van der Waals surface area contributed by atoms with Crippen LogP contribution in [-0.2, 0) is 0 Å². The normalized spacial score (nSPS) is 9.00. The summed E-state index contributed by atoms with van der Waals surface area (Å²) in [5.74, 6) is 0. The van der Waals surface area contributed by atoms with Gasteiger partial charge in [0.2, 0.25) is 0 Å². The van der Waals surface area contributed by atoms with Gasteiger partial charge in [-0.2, -0.15) is 0 Å². The van der Waals surface area contributed by atoms with E-state index in [1.54, 1.807) is 18.2 Å². The molecule has 0 aliphatic rings. The molecule has 2 rings (SSSR count). The molecule has 0 bridgehead atoms. The van der Waals surface area contributed by atoms with Gasteiger partial charge in [0.05, 0.1) is 10.0 Å². The molecule has 18 heavy (non-hydrogen) atoms. The van der Waals surface area contributed by atoms with E-state index in [1.807, 2.05) is 42.5 Å². The van der Waals surface area contributed by atoms with Crippen molar-refractivity contribution in [1.82, 2.24) is 0 Å². The first-order valence-electron chi connectivity index (χ1n) is 5.42. The standard InChI is InChI=1S/C8H6Cl2.C8H8/c1-2-6-3-4-7(9)8(10)5-6;1-2-8-6-4-3-5-7-8/h2-5H,1H2;2-7H,1H2. The van der Waals surface area contributed by atoms with Crippen LogP contribution in [0.3, 0.4) is 0 Å². The Labute approximate surface area is 118 Å². The zero-order valence-electron chi connectivity index (χ0n) is 9.94. The first kappa shape index (κ1) is 14.6. The van der Waals surface area contributed by atoms with Gasteiger partial charge in [-0.15, -0.1) is 0 Å². The summed E-state index contributed by atoms with van der Waals surface area (Å²) >= 11 is 11.4. The number of hydrogen-bond donors (Lipinski definition) is 0. The Morgan fingerprint density at radius 2 is 1.33 bits per heavy atom. The maximum absolute atomic E-state index is 5.71. The largest absolute Gasteiger partial charge is 0.0985 e. The third-order valence-electron chi connectivity index (χ3n) is 2.21. The van der Waals surface area contributed by atoms with E-state index in [0.29, 0.717) is 10.0 Å². The molecule has 0 spiro atoms. The van der Waals surface area contributed by atoms with E-state index in [-0.39, 0.29) is 0 Å². The van der Waals surface area contributed by atoms with Crippen molar-refractivity contribution in [3.8, 4) is 0 Å². The Bertz CT molecular complexity index is 516. The van der Waals surface area contributed by atoms with Crippen molar-refractivity contribution in [2.75, 3.05) is 0 Å². The van der Waals surface area contributed by atoms with Gasteiger partial charge in [-0.25, -0.2) is 0 Å². The molecule has 0 saturated heterocycles. The molecule has 2 aromatic carbocycles. The fourth-order valence-electron chi connectivity index (χ4n) is 1.23. The Morgan fingerprint density at radius 3 is 1.78 bits per heavy atom. The molecule has 0 fully saturated rings. The van der Waals surface area contributed by atoms with Gasteiger partial charge in [0.25, 0.3) is 0 Å². The predicted molar refractivity (Wildman–Crippen MR) is 83.1 cm³/mol. The highest BCUT2D eigenvalue weighted by atomic mass is 35.5. The van der Waals surface area contributed by atoms with Crippen LogP contribution in [-0.4, -0.2) is 0 Å². The van der Waals surface area contributed by atoms with Crippen LogP contribution in [0.5, 0.6) is 0 Å². The number of hydrogen-bond acceptors (Lipinski definition) is 0. The summed E-state index contributed by atoms with van der Waals surface area (Å²) in [6.07, 6.45) is 3.56. The number of benzene rings is 2. The van der Waals surface area contributed by atoms with E-state index in [4.69, 9.17) is 23.2 Å². The molecular formula is C16H14Cl2. The van der Waals surface area contributed by atoms with Crippen LogP contribution in [0.2, 0.25) is 10.0 Å². The molecule has 2 aromatic rings. The van der Waals surface area contributed by atoms with E-state index in [1.165, 1.54) is 5.56 Å². The van der Waals surface area contributed by atoms with Crippen LogP contribution in [0.25, 0.3) is 12.2 Å². The number of rotatable bonds is 2. The maximum atomic E-state index is 5.71. The van der Waals surface area contributed by atoms with Crippen molar-refractivity contribution in [1.29, 1.82) is 0 Å². The second-order valence-corrected chi connectivity index (χ2v) is 4.31. The fraction of sp³-hybridized carbons (Fsp3) is 0. The molecule has 0 aliphatic carbocycles. The lowest BCUT2D eigenvalue weighted by Gasteiger charge is -1.95. The summed E-state index contributed by atoms with van der Waals surface area (Å²) in [5.41, 5.74) is 2.15. The molecule has 0 aromatic heterocycles. The van der Waals surface area contributed by atoms with Crippen LogP contribution >= 0.6 is 23.2 Å². The second-order valence-electron chi connectivity index (χ2n) is 3.49. The monoisotopic (exact) mass is 276 g/mol. The Hall–Kier alpha value is -1.50. The van der Waals surface area contributed by atoms with Gasteiger partial charge >= 0.3 is 0 Å². The van der Waals surface area contributed by atoms with E-state index in [2.05, 4.69) is 13.2 Å². The lowest BCUT2D eigenvalue weighted by molar-refractivity contribution is 1.66. The highest BCUT2D eigenvalue weighted by Gasteiger charge is 1.94. The highest BCUT2D eigenvalue weighted by molar-refractivity contribution is 6.42. The molecule has 0 amide bonds. The molecule has 92 valence electrons. The van der Waals surface area contributed by atoms with Crippen molar-refractivity contribution in [3.05, 3.63) is 82.9 Å². The predicted octanol–water partition coefficient (Wildman–Crippen LogP) is 5.97. The average molecular weight is 277 g/mol. The lowest BCUT2D eigenvalue weighted by atomic mass is 10.2. The molecule has 0 heterocycles. The van der Waals surface area contributed by atoms with Crippen molar-refractivity contribution in [2.45, 2.75) is 0 Å². The average Bonchev–Trinajstić information content (AvgIpc) is 2.43. The quantitative estimate of drug-likeness (QED) is 0.634. The molecular weight excluding hydrogens is 263 g/mol. The van der Waals surface area contributed by atoms with Crippen molar-refractivity contribution >= 4 is 35.4 Å². The van der Waals surface area contributed by atoms with Crippen LogP contribution in [0.1, 0.15) is 11.1 Å². The zero-order valence-corrected chi connectivity index (χ0v) is 11.5. The summed E-state index contributed by atoms with van der Waals surface area (Å²) in [4.78, 5) is 0. The Morgan fingerprint density at radius 1 is 0.722 bits per heavy atom. The van der Waals surface area contributed by atoms with Crippen LogP contribution in [0.15, 0.2) is 61.7 Å². The van der Waals surface area contributed by atoms with E-state index in [0.717, 1.165) is 5.56 Å². The van der Waals surface area contributed by atoms with Gasteiger partial charge in [-0.3, -0.25) is 0 Å². The van der Waals surface area contributed by atoms with Crippen LogP contribution in [0.4, 0.5) is 0 Å². The van der Waals surface area contributed by atoms with Gasteiger partial charge in [0.15, 0.2) is 0 Å². The first-order chi connectivity index (χ1) is 8.67. The van der Waals surface area contributed by atoms with Gasteiger partial charge in [0.1, 0.15) is 0 Å². The summed E-state index contributed by atoms with van der Waals surface area (Å²) in [7, 11) is 0. The SMILES string of the molecule is C=Cc1ccc(Cl)c(Cl)c1.C=Cc1ccccc1. The second kappa shape index (κ2) is 7.75. The molecule has 0 N–H and O–H groups in total. The number of halogens is 2. The molecule has 0 unspecified atom stereocenters. The highest BCUT2D eigenvalue weighted by Crippen LogP contribution is 2.22. The van der Waals surface area contributed by atoms with E-state index < -0.39 is 0 Å².